The van der Waals surface area contributed by atoms with Gasteiger partial charge in [0.25, 0.3) is 0 Å². The van der Waals surface area contributed by atoms with Crippen molar-refractivity contribution in [3.05, 3.63) is 16.1 Å². The average Bonchev–Trinajstić information content (AvgIpc) is 3.03. The van der Waals surface area contributed by atoms with Crippen LogP contribution in [0.2, 0.25) is 0 Å². The number of aromatic nitrogens is 1. The summed E-state index contributed by atoms with van der Waals surface area (Å²) in [6, 6.07) is 1.22. The summed E-state index contributed by atoms with van der Waals surface area (Å²) in [7, 11) is 0. The molecule has 0 bridgehead atoms. The van der Waals surface area contributed by atoms with E-state index in [1.807, 2.05) is 17.5 Å². The third-order valence-electron chi connectivity index (χ3n) is 3.10. The van der Waals surface area contributed by atoms with E-state index in [4.69, 9.17) is 0 Å². The zero-order chi connectivity index (χ0) is 12.1. The molecule has 0 aromatic carbocycles. The van der Waals surface area contributed by atoms with Crippen LogP contribution in [-0.4, -0.2) is 24.1 Å². The second-order valence-corrected chi connectivity index (χ2v) is 5.92. The molecule has 0 aliphatic heterocycles. The molecule has 1 aromatic heterocycles. The van der Waals surface area contributed by atoms with Crippen molar-refractivity contribution in [2.75, 3.05) is 13.1 Å². The quantitative estimate of drug-likeness (QED) is 0.699. The van der Waals surface area contributed by atoms with Gasteiger partial charge in [-0.05, 0) is 45.7 Å². The molecule has 1 atom stereocenters. The highest BCUT2D eigenvalue weighted by atomic mass is 32.1. The minimum absolute atomic E-state index is 0.390. The van der Waals surface area contributed by atoms with Crippen molar-refractivity contribution < 1.29 is 0 Å². The lowest BCUT2D eigenvalue weighted by Gasteiger charge is -2.11. The molecule has 4 heteroatoms. The van der Waals surface area contributed by atoms with Crippen LogP contribution in [0.4, 0.5) is 0 Å². The SMILES string of the molecule is CCc1cnc(C(C)NCCCNC2CC2)s1. The number of rotatable bonds is 8. The Morgan fingerprint density at radius 3 is 2.94 bits per heavy atom. The van der Waals surface area contributed by atoms with Crippen LogP contribution in [0.5, 0.6) is 0 Å². The molecular weight excluding hydrogens is 230 g/mol. The summed E-state index contributed by atoms with van der Waals surface area (Å²) in [6.45, 7) is 6.59. The molecule has 1 aromatic rings. The van der Waals surface area contributed by atoms with Gasteiger partial charge in [0.1, 0.15) is 5.01 Å². The minimum Gasteiger partial charge on any atom is -0.314 e. The maximum atomic E-state index is 4.46. The van der Waals surface area contributed by atoms with E-state index in [-0.39, 0.29) is 0 Å². The fraction of sp³-hybridized carbons (Fsp3) is 0.769. The Kier molecular flexibility index (Phi) is 4.95. The standard InChI is InChI=1S/C13H23N3S/c1-3-12-9-16-13(17-12)10(2)14-7-4-8-15-11-5-6-11/h9-11,14-15H,3-8H2,1-2H3. The van der Waals surface area contributed by atoms with Crippen molar-refractivity contribution in [1.29, 1.82) is 0 Å². The van der Waals surface area contributed by atoms with Gasteiger partial charge in [0.2, 0.25) is 0 Å². The molecular formula is C13H23N3S. The van der Waals surface area contributed by atoms with E-state index in [1.54, 1.807) is 0 Å². The number of hydrogen-bond donors (Lipinski definition) is 2. The largest absolute Gasteiger partial charge is 0.314 e. The van der Waals surface area contributed by atoms with Gasteiger partial charge in [0.05, 0.1) is 6.04 Å². The van der Waals surface area contributed by atoms with E-state index in [0.29, 0.717) is 6.04 Å². The van der Waals surface area contributed by atoms with Crippen molar-refractivity contribution >= 4 is 11.3 Å². The summed E-state index contributed by atoms with van der Waals surface area (Å²) in [4.78, 5) is 5.84. The highest BCUT2D eigenvalue weighted by molar-refractivity contribution is 7.11. The molecule has 0 saturated heterocycles. The van der Waals surface area contributed by atoms with Gasteiger partial charge >= 0.3 is 0 Å². The Balaban J connectivity index is 1.60. The third-order valence-corrected chi connectivity index (χ3v) is 4.43. The summed E-state index contributed by atoms with van der Waals surface area (Å²) in [5.41, 5.74) is 0. The van der Waals surface area contributed by atoms with Crippen molar-refractivity contribution in [2.24, 2.45) is 0 Å². The Labute approximate surface area is 108 Å². The van der Waals surface area contributed by atoms with Gasteiger partial charge in [-0.1, -0.05) is 6.92 Å². The minimum atomic E-state index is 0.390. The van der Waals surface area contributed by atoms with Crippen LogP contribution in [0.1, 0.15) is 49.0 Å². The van der Waals surface area contributed by atoms with E-state index in [9.17, 15) is 0 Å². The lowest BCUT2D eigenvalue weighted by molar-refractivity contribution is 0.536. The summed E-state index contributed by atoms with van der Waals surface area (Å²) in [5, 5.41) is 8.29. The second-order valence-electron chi connectivity index (χ2n) is 4.78. The fourth-order valence-electron chi connectivity index (χ4n) is 1.77. The first-order chi connectivity index (χ1) is 8.29. The van der Waals surface area contributed by atoms with Crippen molar-refractivity contribution in [3.8, 4) is 0 Å². The maximum Gasteiger partial charge on any atom is 0.109 e. The van der Waals surface area contributed by atoms with Crippen molar-refractivity contribution in [3.63, 3.8) is 0 Å². The maximum absolute atomic E-state index is 4.46. The molecule has 3 nitrogen and oxygen atoms in total. The molecule has 2 N–H and O–H groups in total. The summed E-state index contributed by atoms with van der Waals surface area (Å²) >= 11 is 1.83. The van der Waals surface area contributed by atoms with E-state index >= 15 is 0 Å². The van der Waals surface area contributed by atoms with E-state index in [2.05, 4.69) is 29.5 Å². The van der Waals surface area contributed by atoms with Crippen LogP contribution in [0, 0.1) is 0 Å². The van der Waals surface area contributed by atoms with Crippen LogP contribution in [0.3, 0.4) is 0 Å². The first-order valence-corrected chi connectivity index (χ1v) is 7.52. The average molecular weight is 253 g/mol. The highest BCUT2D eigenvalue weighted by Crippen LogP contribution is 2.20. The van der Waals surface area contributed by atoms with Gasteiger partial charge in [-0.25, -0.2) is 4.98 Å². The Morgan fingerprint density at radius 2 is 2.29 bits per heavy atom. The molecule has 1 heterocycles. The first kappa shape index (κ1) is 13.0. The predicted octanol–water partition coefficient (Wildman–Crippen LogP) is 2.50. The first-order valence-electron chi connectivity index (χ1n) is 6.71. The van der Waals surface area contributed by atoms with Gasteiger partial charge in [-0.15, -0.1) is 11.3 Å². The lowest BCUT2D eigenvalue weighted by atomic mass is 10.3. The third kappa shape index (κ3) is 4.37. The van der Waals surface area contributed by atoms with Crippen LogP contribution < -0.4 is 10.6 Å². The fourth-order valence-corrected chi connectivity index (χ4v) is 2.66. The lowest BCUT2D eigenvalue weighted by Crippen LogP contribution is -2.25. The molecule has 1 saturated carbocycles. The molecule has 1 aliphatic rings. The Hall–Kier alpha value is -0.450. The molecule has 17 heavy (non-hydrogen) atoms. The highest BCUT2D eigenvalue weighted by Gasteiger charge is 2.19. The van der Waals surface area contributed by atoms with E-state index in [1.165, 1.54) is 29.1 Å². The van der Waals surface area contributed by atoms with Crippen LogP contribution in [0.15, 0.2) is 6.20 Å². The molecule has 96 valence electrons. The van der Waals surface area contributed by atoms with Crippen LogP contribution in [-0.2, 0) is 6.42 Å². The van der Waals surface area contributed by atoms with E-state index < -0.39 is 0 Å². The Bertz CT molecular complexity index is 333. The molecule has 1 unspecified atom stereocenters. The second kappa shape index (κ2) is 6.47. The van der Waals surface area contributed by atoms with Crippen molar-refractivity contribution in [2.45, 2.75) is 51.6 Å². The molecule has 2 rings (SSSR count). The number of thiazole rings is 1. The van der Waals surface area contributed by atoms with Crippen LogP contribution >= 0.6 is 11.3 Å². The number of nitrogens with zero attached hydrogens (tertiary/aromatic N) is 1. The van der Waals surface area contributed by atoms with Crippen LogP contribution in [0.25, 0.3) is 0 Å². The number of nitrogens with one attached hydrogen (secondary N) is 2. The molecule has 1 fully saturated rings. The Morgan fingerprint density at radius 1 is 1.47 bits per heavy atom. The normalized spacial score (nSPS) is 17.3. The van der Waals surface area contributed by atoms with Gasteiger partial charge in [-0.2, -0.15) is 0 Å². The molecule has 1 aliphatic carbocycles. The topological polar surface area (TPSA) is 37.0 Å². The smallest absolute Gasteiger partial charge is 0.109 e. The van der Waals surface area contributed by atoms with Gasteiger partial charge in [-0.3, -0.25) is 0 Å². The zero-order valence-electron chi connectivity index (χ0n) is 10.8. The predicted molar refractivity (Wildman–Crippen MR) is 73.6 cm³/mol. The molecule has 0 radical (unpaired) electrons. The summed E-state index contributed by atoms with van der Waals surface area (Å²) < 4.78 is 0. The van der Waals surface area contributed by atoms with E-state index in [0.717, 1.165) is 25.6 Å². The molecule has 0 amide bonds. The summed E-state index contributed by atoms with van der Waals surface area (Å²) in [6.07, 6.45) is 7.06. The van der Waals surface area contributed by atoms with Gasteiger partial charge in [0, 0.05) is 17.1 Å². The number of aryl methyl sites for hydroxylation is 1. The summed E-state index contributed by atoms with van der Waals surface area (Å²) in [5.74, 6) is 0. The number of hydrogen-bond acceptors (Lipinski definition) is 4. The van der Waals surface area contributed by atoms with Gasteiger partial charge in [0.15, 0.2) is 0 Å². The monoisotopic (exact) mass is 253 g/mol. The van der Waals surface area contributed by atoms with Crippen molar-refractivity contribution in [1.82, 2.24) is 15.6 Å². The van der Waals surface area contributed by atoms with Gasteiger partial charge < -0.3 is 10.6 Å². The zero-order valence-corrected chi connectivity index (χ0v) is 11.6. The molecule has 0 spiro atoms.